The van der Waals surface area contributed by atoms with Crippen molar-refractivity contribution in [3.05, 3.63) is 0 Å². The van der Waals surface area contributed by atoms with Crippen molar-refractivity contribution in [1.29, 1.82) is 0 Å². The summed E-state index contributed by atoms with van der Waals surface area (Å²) < 4.78 is 25.8. The van der Waals surface area contributed by atoms with Gasteiger partial charge in [-0.15, -0.1) is 0 Å². The molecule has 0 aromatic rings. The second-order valence-corrected chi connectivity index (χ2v) is 19.8. The second-order valence-electron chi connectivity index (χ2n) is 16.9. The van der Waals surface area contributed by atoms with E-state index in [0.29, 0.717) is 25.8 Å². The maximum atomic E-state index is 14.3. The van der Waals surface area contributed by atoms with Crippen molar-refractivity contribution in [2.45, 2.75) is 147 Å². The molecule has 1 saturated heterocycles. The lowest BCUT2D eigenvalue weighted by Crippen LogP contribution is -2.63. The molecule has 4 aliphatic rings. The van der Waals surface area contributed by atoms with Gasteiger partial charge in [0.05, 0.1) is 16.0 Å². The van der Waals surface area contributed by atoms with E-state index in [1.807, 2.05) is 20.8 Å². The van der Waals surface area contributed by atoms with Crippen molar-refractivity contribution in [1.82, 2.24) is 20.9 Å². The largest absolute Gasteiger partial charge is 0.381 e. The number of amides is 5. The van der Waals surface area contributed by atoms with Gasteiger partial charge in [0.25, 0.3) is 0 Å². The Labute approximate surface area is 274 Å². The van der Waals surface area contributed by atoms with Gasteiger partial charge in [0.1, 0.15) is 12.1 Å². The highest BCUT2D eigenvalue weighted by atomic mass is 32.2. The highest BCUT2D eigenvalue weighted by Crippen LogP contribution is 2.65. The SMILES string of the molecule is CC(C)(C)[C@H](NC(=O)N[C@H]1CCCC[C@H]1S(=O)(=O)C(C)(C)C)C(=O)N1C[C@H]2[C@@H]([C@H]1C(=O)NC(CC1CCC1)C(O)C(N)=O)C2(C)C. The van der Waals surface area contributed by atoms with Crippen molar-refractivity contribution in [3.63, 3.8) is 0 Å². The number of hydrogen-bond donors (Lipinski definition) is 5. The lowest BCUT2D eigenvalue weighted by molar-refractivity contribution is -0.144. The fourth-order valence-corrected chi connectivity index (χ4v) is 9.90. The lowest BCUT2D eigenvalue weighted by atomic mass is 9.79. The first kappa shape index (κ1) is 36.4. The Morgan fingerprint density at radius 3 is 2.09 bits per heavy atom. The van der Waals surface area contributed by atoms with E-state index in [4.69, 9.17) is 5.73 Å². The normalized spacial score (nSPS) is 29.8. The summed E-state index contributed by atoms with van der Waals surface area (Å²) >= 11 is 0. The molecule has 1 heterocycles. The minimum atomic E-state index is -3.55. The average Bonchev–Trinajstić information content (AvgIpc) is 3.23. The van der Waals surface area contributed by atoms with Crippen LogP contribution in [0.5, 0.6) is 0 Å². The molecule has 262 valence electrons. The van der Waals surface area contributed by atoms with Gasteiger partial charge < -0.3 is 31.7 Å². The second kappa shape index (κ2) is 12.9. The number of carbonyl (C=O) groups excluding carboxylic acids is 4. The fourth-order valence-electron chi connectivity index (χ4n) is 7.88. The van der Waals surface area contributed by atoms with E-state index in [0.717, 1.165) is 32.1 Å². The average molecular weight is 668 g/mol. The summed E-state index contributed by atoms with van der Waals surface area (Å²) in [5.41, 5.74) is 4.51. The standard InChI is InChI=1S/C33H57N5O7S/c1-31(2,3)26(37-30(43)36-20-14-9-10-15-22(20)46(44,45)32(4,5)6)29(42)38-17-19-23(33(19,7)8)24(38)28(41)35-21(25(39)27(34)40)16-18-12-11-13-18/h18-26,39H,9-17H2,1-8H3,(H2,34,40)(H,35,41)(H2,36,37,43)/t19-,20-,21?,22+,23-,24-,25?,26+/m0/s1. The minimum Gasteiger partial charge on any atom is -0.381 e. The van der Waals surface area contributed by atoms with Gasteiger partial charge in [-0.05, 0) is 68.6 Å². The molecule has 1 aliphatic heterocycles. The molecular formula is C33H57N5O7S. The smallest absolute Gasteiger partial charge is 0.315 e. The summed E-state index contributed by atoms with van der Waals surface area (Å²) in [5.74, 6) is -1.51. The molecule has 6 N–H and O–H groups in total. The van der Waals surface area contributed by atoms with Crippen molar-refractivity contribution in [2.75, 3.05) is 6.54 Å². The molecule has 8 atom stereocenters. The first-order chi connectivity index (χ1) is 21.1. The summed E-state index contributed by atoms with van der Waals surface area (Å²) in [4.78, 5) is 55.2. The first-order valence-electron chi connectivity index (χ1n) is 17.0. The van der Waals surface area contributed by atoms with Crippen molar-refractivity contribution in [3.8, 4) is 0 Å². The van der Waals surface area contributed by atoms with Gasteiger partial charge in [-0.1, -0.05) is 66.7 Å². The highest BCUT2D eigenvalue weighted by molar-refractivity contribution is 7.93. The third-order valence-electron chi connectivity index (χ3n) is 11.2. The molecule has 4 fully saturated rings. The summed E-state index contributed by atoms with van der Waals surface area (Å²) in [6.45, 7) is 15.0. The summed E-state index contributed by atoms with van der Waals surface area (Å²) in [7, 11) is -3.55. The van der Waals surface area contributed by atoms with E-state index >= 15 is 0 Å². The summed E-state index contributed by atoms with van der Waals surface area (Å²) in [6, 6.07) is -3.91. The van der Waals surface area contributed by atoms with Gasteiger partial charge in [0.15, 0.2) is 15.9 Å². The number of sulfone groups is 1. The van der Waals surface area contributed by atoms with Crippen molar-refractivity contribution in [2.24, 2.45) is 34.3 Å². The number of likely N-dealkylation sites (tertiary alicyclic amines) is 1. The predicted molar refractivity (Wildman–Crippen MR) is 175 cm³/mol. The fraction of sp³-hybridized carbons (Fsp3) is 0.879. The number of fused-ring (bicyclic) bond motifs is 1. The van der Waals surface area contributed by atoms with Crippen LogP contribution in [0.25, 0.3) is 0 Å². The molecule has 12 nitrogen and oxygen atoms in total. The number of aliphatic hydroxyl groups is 1. The van der Waals surface area contributed by atoms with Crippen LogP contribution in [0.3, 0.4) is 0 Å². The van der Waals surface area contributed by atoms with Crippen LogP contribution < -0.4 is 21.7 Å². The van der Waals surface area contributed by atoms with E-state index in [9.17, 15) is 32.7 Å². The molecule has 13 heteroatoms. The molecule has 3 saturated carbocycles. The maximum absolute atomic E-state index is 14.3. The molecule has 0 bridgehead atoms. The number of nitrogens with one attached hydrogen (secondary N) is 3. The third-order valence-corrected chi connectivity index (χ3v) is 14.3. The topological polar surface area (TPSA) is 188 Å². The van der Waals surface area contributed by atoms with Crippen molar-refractivity contribution >= 4 is 33.6 Å². The molecule has 46 heavy (non-hydrogen) atoms. The van der Waals surface area contributed by atoms with Gasteiger partial charge in [-0.3, -0.25) is 14.4 Å². The molecule has 0 aromatic carbocycles. The Morgan fingerprint density at radius 2 is 1.57 bits per heavy atom. The van der Waals surface area contributed by atoms with Gasteiger partial charge >= 0.3 is 6.03 Å². The van der Waals surface area contributed by atoms with Crippen LogP contribution in [0.15, 0.2) is 0 Å². The van der Waals surface area contributed by atoms with E-state index < -0.39 is 79.3 Å². The first-order valence-corrected chi connectivity index (χ1v) is 18.5. The Morgan fingerprint density at radius 1 is 0.957 bits per heavy atom. The Kier molecular flexibility index (Phi) is 10.2. The van der Waals surface area contributed by atoms with Gasteiger partial charge in [0, 0.05) is 12.6 Å². The molecule has 0 radical (unpaired) electrons. The lowest BCUT2D eigenvalue weighted by Gasteiger charge is -2.39. The Bertz CT molecular complexity index is 1300. The van der Waals surface area contributed by atoms with Crippen LogP contribution >= 0.6 is 0 Å². The van der Waals surface area contributed by atoms with Crippen LogP contribution in [0, 0.1) is 28.6 Å². The van der Waals surface area contributed by atoms with Crippen LogP contribution in [0.4, 0.5) is 4.79 Å². The zero-order chi connectivity index (χ0) is 34.6. The van der Waals surface area contributed by atoms with E-state index in [1.165, 1.54) is 4.90 Å². The zero-order valence-corrected chi connectivity index (χ0v) is 29.7. The van der Waals surface area contributed by atoms with Gasteiger partial charge in [0.2, 0.25) is 17.7 Å². The van der Waals surface area contributed by atoms with E-state index in [1.54, 1.807) is 20.8 Å². The number of urea groups is 1. The highest BCUT2D eigenvalue weighted by Gasteiger charge is 2.70. The third kappa shape index (κ3) is 7.19. The summed E-state index contributed by atoms with van der Waals surface area (Å²) in [5, 5.41) is 18.5. The molecule has 2 unspecified atom stereocenters. The van der Waals surface area contributed by atoms with Crippen LogP contribution in [0.1, 0.15) is 107 Å². The minimum absolute atomic E-state index is 0.0818. The number of rotatable bonds is 10. The number of piperidine rings is 1. The number of hydrogen-bond acceptors (Lipinski definition) is 7. The van der Waals surface area contributed by atoms with Gasteiger partial charge in [-0.2, -0.15) is 0 Å². The van der Waals surface area contributed by atoms with Crippen LogP contribution in [-0.4, -0.2) is 89.0 Å². The summed E-state index contributed by atoms with van der Waals surface area (Å²) in [6.07, 6.45) is 4.38. The zero-order valence-electron chi connectivity index (χ0n) is 28.9. The number of nitrogens with two attached hydrogens (primary N) is 1. The van der Waals surface area contributed by atoms with Gasteiger partial charge in [-0.25, -0.2) is 13.2 Å². The Balaban J connectivity index is 1.53. The number of primary amides is 1. The maximum Gasteiger partial charge on any atom is 0.315 e. The Hall–Kier alpha value is -2.41. The molecule has 0 spiro atoms. The van der Waals surface area contributed by atoms with Crippen LogP contribution in [0.2, 0.25) is 0 Å². The molecule has 0 aromatic heterocycles. The number of aliphatic hydroxyl groups excluding tert-OH is 1. The quantitative estimate of drug-likeness (QED) is 0.236. The predicted octanol–water partition coefficient (Wildman–Crippen LogP) is 2.23. The molecule has 4 rings (SSSR count). The molecular weight excluding hydrogens is 610 g/mol. The monoisotopic (exact) mass is 667 g/mol. The van der Waals surface area contributed by atoms with Crippen molar-refractivity contribution < 1.29 is 32.7 Å². The number of nitrogens with zero attached hydrogens (tertiary/aromatic N) is 1. The molecule has 5 amide bonds. The number of carbonyl (C=O) groups is 4. The van der Waals surface area contributed by atoms with E-state index in [-0.39, 0.29) is 23.2 Å². The van der Waals surface area contributed by atoms with E-state index in [2.05, 4.69) is 29.8 Å². The van der Waals surface area contributed by atoms with Crippen LogP contribution in [-0.2, 0) is 24.2 Å². The molecule has 3 aliphatic carbocycles.